The van der Waals surface area contributed by atoms with Crippen molar-refractivity contribution >= 4 is 101 Å². The molecule has 0 aromatic heterocycles. The molecule has 14 atom stereocenters. The van der Waals surface area contributed by atoms with Crippen molar-refractivity contribution in [2.45, 2.75) is 246 Å². The molecule has 1 saturated heterocycles. The Morgan fingerprint density at radius 1 is 0.594 bits per heavy atom. The molecule has 8 amide bonds. The SMILES string of the molecule is CC[C@H](C)[C@@H]([C@@H](CC(=O)N1CCC[C@H]1[C@H](OC)[C@@H](C)C(=O)C[C@@H](Cc1ccccc1)C(=O)O)OC)N(C)C(=O)[C@@H](CC(=O)[C@H](C(C)C)N(C)C(=O)OCc1ccc(CC(=O)[C@H](C)NC(=O)[C@@H](CC(=O)C(CCC(=O)NCCOCCOCCCC(=O)c2ccc(CC(=O)CC[C@H](NC(=O)N[C@@H](CCC(=O)O)OC=O)C(=O)O)cc2)NC(=O)CON)C(C)C)cc1)C(C)C. The Kier molecular flexibility index (Phi) is 49.0. The Labute approximate surface area is 749 Å². The molecule has 1 fully saturated rings. The minimum atomic E-state index is -1.49. The van der Waals surface area contributed by atoms with Crippen LogP contribution >= 0.6 is 0 Å². The minimum absolute atomic E-state index is 0.00369. The van der Waals surface area contributed by atoms with E-state index in [-0.39, 0.29) is 182 Å². The van der Waals surface area contributed by atoms with Crippen LogP contribution in [0.25, 0.3) is 0 Å². The van der Waals surface area contributed by atoms with Gasteiger partial charge in [0, 0.05) is 129 Å². The van der Waals surface area contributed by atoms with Crippen LogP contribution < -0.4 is 32.5 Å². The summed E-state index contributed by atoms with van der Waals surface area (Å²) in [4.78, 5) is 232. The van der Waals surface area contributed by atoms with Crippen LogP contribution in [0.3, 0.4) is 0 Å². The molecule has 1 aliphatic heterocycles. The second-order valence-corrected chi connectivity index (χ2v) is 33.8. The van der Waals surface area contributed by atoms with Gasteiger partial charge in [-0.3, -0.25) is 72.0 Å². The van der Waals surface area contributed by atoms with Crippen molar-refractivity contribution in [1.82, 2.24) is 41.3 Å². The van der Waals surface area contributed by atoms with Gasteiger partial charge in [-0.25, -0.2) is 20.3 Å². The van der Waals surface area contributed by atoms with Gasteiger partial charge in [-0.15, -0.1) is 0 Å². The van der Waals surface area contributed by atoms with Gasteiger partial charge in [0.1, 0.15) is 30.8 Å². The fourth-order valence-electron chi connectivity index (χ4n) is 15.6. The van der Waals surface area contributed by atoms with Gasteiger partial charge in [-0.2, -0.15) is 0 Å². The average molecular weight is 1800 g/mol. The van der Waals surface area contributed by atoms with Crippen LogP contribution in [0.1, 0.15) is 198 Å². The number of benzene rings is 3. The monoisotopic (exact) mass is 1800 g/mol. The second-order valence-electron chi connectivity index (χ2n) is 33.8. The van der Waals surface area contributed by atoms with Crippen molar-refractivity contribution in [2.75, 3.05) is 74.4 Å². The number of likely N-dealkylation sites (N-methyl/N-ethyl adjacent to an activating group) is 2. The van der Waals surface area contributed by atoms with E-state index in [0.29, 0.717) is 54.5 Å². The third kappa shape index (κ3) is 37.5. The molecule has 0 bridgehead atoms. The van der Waals surface area contributed by atoms with Crippen LogP contribution in [0.4, 0.5) is 9.59 Å². The number of methoxy groups -OCH3 is 2. The highest BCUT2D eigenvalue weighted by atomic mass is 16.6. The lowest BCUT2D eigenvalue weighted by Crippen LogP contribution is -2.54. The summed E-state index contributed by atoms with van der Waals surface area (Å²) >= 11 is 0. The van der Waals surface area contributed by atoms with E-state index in [2.05, 4.69) is 36.2 Å². The Hall–Kier alpha value is -10.8. The zero-order valence-corrected chi connectivity index (χ0v) is 76.3. The molecule has 10 N–H and O–H groups in total. The fourth-order valence-corrected chi connectivity index (χ4v) is 15.6. The zero-order valence-electron chi connectivity index (χ0n) is 76.3. The average Bonchev–Trinajstić information content (AvgIpc) is 1.60. The first-order chi connectivity index (χ1) is 60.7. The number of rotatable bonds is 64. The molecule has 1 heterocycles. The fraction of sp³-hybridized carbons (Fsp3) is 0.620. The summed E-state index contributed by atoms with van der Waals surface area (Å²) in [6.07, 6.45) is -3.82. The van der Waals surface area contributed by atoms with Crippen LogP contribution in [0.5, 0.6) is 0 Å². The highest BCUT2D eigenvalue weighted by Crippen LogP contribution is 2.33. The first-order valence-corrected chi connectivity index (χ1v) is 43.8. The smallest absolute Gasteiger partial charge is 0.410 e. The molecule has 3 aromatic rings. The molecule has 0 radical (unpaired) electrons. The number of nitrogens with one attached hydrogen (secondary N) is 5. The maximum absolute atomic E-state index is 14.9. The number of ether oxygens (including phenoxy) is 6. The van der Waals surface area contributed by atoms with E-state index in [1.807, 2.05) is 58.0 Å². The van der Waals surface area contributed by atoms with Crippen LogP contribution in [0.15, 0.2) is 78.9 Å². The maximum Gasteiger partial charge on any atom is 0.410 e. The van der Waals surface area contributed by atoms with E-state index < -0.39 is 157 Å². The number of amides is 8. The molecule has 36 nitrogen and oxygen atoms in total. The molecular formula is C92H135N9O27. The Morgan fingerprint density at radius 3 is 1.80 bits per heavy atom. The minimum Gasteiger partial charge on any atom is -0.481 e. The molecule has 4 rings (SSSR count). The van der Waals surface area contributed by atoms with Gasteiger partial charge in [0.05, 0.1) is 81.0 Å². The summed E-state index contributed by atoms with van der Waals surface area (Å²) in [7, 11) is 6.08. The van der Waals surface area contributed by atoms with E-state index in [4.69, 9.17) is 34.7 Å². The first-order valence-electron chi connectivity index (χ1n) is 43.8. The van der Waals surface area contributed by atoms with Gasteiger partial charge in [0.25, 0.3) is 6.47 Å². The number of carbonyl (C=O) groups is 17. The van der Waals surface area contributed by atoms with Crippen LogP contribution in [0.2, 0.25) is 0 Å². The van der Waals surface area contributed by atoms with Crippen molar-refractivity contribution in [3.8, 4) is 0 Å². The van der Waals surface area contributed by atoms with Gasteiger partial charge in [0.2, 0.25) is 29.5 Å². The number of carboxylic acids is 3. The van der Waals surface area contributed by atoms with Crippen molar-refractivity contribution in [2.24, 2.45) is 53.2 Å². The largest absolute Gasteiger partial charge is 0.481 e. The lowest BCUT2D eigenvalue weighted by Gasteiger charge is -2.41. The first kappa shape index (κ1) is 110. The number of Topliss-reactive ketones (excluding diaryl/α,β-unsaturated/α-hetero) is 6. The molecule has 0 saturated carbocycles. The summed E-state index contributed by atoms with van der Waals surface area (Å²) in [5.41, 5.74) is 2.88. The van der Waals surface area contributed by atoms with E-state index in [1.54, 1.807) is 100.0 Å². The van der Waals surface area contributed by atoms with Crippen molar-refractivity contribution < 1.29 is 130 Å². The highest BCUT2D eigenvalue weighted by Gasteiger charge is 2.45. The molecule has 1 aliphatic rings. The maximum atomic E-state index is 14.9. The number of urea groups is 1. The quantitative estimate of drug-likeness (QED) is 0.00889. The molecule has 0 spiro atoms. The summed E-state index contributed by atoms with van der Waals surface area (Å²) in [5, 5.41) is 40.8. The normalized spacial score (nSPS) is 15.6. The van der Waals surface area contributed by atoms with E-state index >= 15 is 0 Å². The number of likely N-dealkylation sites (tertiary alicyclic amines) is 1. The Bertz CT molecular complexity index is 4130. The third-order valence-electron chi connectivity index (χ3n) is 23.2. The molecule has 128 heavy (non-hydrogen) atoms. The van der Waals surface area contributed by atoms with Crippen molar-refractivity contribution in [1.29, 1.82) is 0 Å². The number of carbonyl (C=O) groups excluding carboxylic acids is 14. The number of ketones is 6. The van der Waals surface area contributed by atoms with Gasteiger partial charge in [-0.05, 0) is 91.4 Å². The van der Waals surface area contributed by atoms with Gasteiger partial charge in [0.15, 0.2) is 29.4 Å². The summed E-state index contributed by atoms with van der Waals surface area (Å²) in [6.45, 7) is 18.2. The second kappa shape index (κ2) is 57.2. The lowest BCUT2D eigenvalue weighted by molar-refractivity contribution is -0.149. The third-order valence-corrected chi connectivity index (χ3v) is 23.2. The number of aliphatic carboxylic acids is 3. The van der Waals surface area contributed by atoms with E-state index in [1.165, 1.54) is 33.1 Å². The molecule has 3 aromatic carbocycles. The summed E-state index contributed by atoms with van der Waals surface area (Å²) in [5.74, 6) is -7.96. The van der Waals surface area contributed by atoms with Crippen LogP contribution in [0, 0.1) is 47.3 Å². The summed E-state index contributed by atoms with van der Waals surface area (Å²) < 4.78 is 33.6. The molecule has 36 heteroatoms. The molecular weight excluding hydrogens is 1660 g/mol. The van der Waals surface area contributed by atoms with Gasteiger partial charge < -0.3 is 85.0 Å². The number of nitrogens with zero attached hydrogens (tertiary/aromatic N) is 3. The standard InChI is InChI=1S/C92H135N9O27/c1-15-58(8)85(78(122-13)51-82(111)101-40-19-23-72(101)86(123-14)59(9)74(105)48-66(89(116)117)45-61-21-17-16-18-22-61)99(11)88(115)69(56(4)5)50-77(108)84(57(6)7)100(12)92(121)126-52-64-27-25-63(26-28-64)47-75(106)60(10)95-87(114)68(55(2)3)49-76(107)70(96-80(110)53-128-93)35-36-79(109)94-39-42-125-44-43-124-41-20-24-73(104)65-31-29-62(30-32-65)46-67(103)33-34-71(90(118)119)97-91(120)98-81(127-54-102)37-38-83(112)113/h16-18,21-22,25-32,54-60,66,68-72,78,81,84-86H,15,19-20,23-24,33-53,93H2,1-14H3,(H,94,109)(H,95,114)(H,96,110)(H,112,113)(H,116,117)(H,118,119)(H2,97,98,120)/t58-,59-,60-,66+,68-,69-,70?,71-,72-,78+,81+,84-,85-,86+/m0/s1. The zero-order chi connectivity index (χ0) is 95.4. The molecule has 0 aliphatic carbocycles. The molecule has 1 unspecified atom stereocenters. The predicted octanol–water partition coefficient (Wildman–Crippen LogP) is 7.16. The molecule has 710 valence electrons. The number of carboxylic acid groups (broad SMARTS) is 3. The van der Waals surface area contributed by atoms with Crippen LogP contribution in [-0.4, -0.2) is 260 Å². The van der Waals surface area contributed by atoms with Gasteiger partial charge >= 0.3 is 30.0 Å². The number of hydrogen-bond donors (Lipinski definition) is 9. The van der Waals surface area contributed by atoms with E-state index in [0.717, 1.165) is 5.56 Å². The van der Waals surface area contributed by atoms with Gasteiger partial charge in [-0.1, -0.05) is 148 Å². The van der Waals surface area contributed by atoms with Crippen LogP contribution in [-0.2, 0) is 126 Å². The predicted molar refractivity (Wildman–Crippen MR) is 467 cm³/mol. The lowest BCUT2D eigenvalue weighted by atomic mass is 9.83. The van der Waals surface area contributed by atoms with Crippen molar-refractivity contribution in [3.05, 3.63) is 107 Å². The highest BCUT2D eigenvalue weighted by molar-refractivity contribution is 5.97. The summed E-state index contributed by atoms with van der Waals surface area (Å²) in [6, 6.07) is 15.2. The Morgan fingerprint density at radius 2 is 1.21 bits per heavy atom. The topological polar surface area (TPSA) is 511 Å². The van der Waals surface area contributed by atoms with Crippen molar-refractivity contribution in [3.63, 3.8) is 0 Å². The number of nitrogens with two attached hydrogens (primary N) is 1. The Balaban J connectivity index is 1.22. The number of hydrogen-bond acceptors (Lipinski definition) is 25. The van der Waals surface area contributed by atoms with E-state index in [9.17, 15) is 91.7 Å².